The van der Waals surface area contributed by atoms with Gasteiger partial charge in [0.25, 0.3) is 0 Å². The third-order valence-corrected chi connectivity index (χ3v) is 4.06. The number of hydrogen-bond acceptors (Lipinski definition) is 3. The van der Waals surface area contributed by atoms with E-state index in [2.05, 4.69) is 15.1 Å². The summed E-state index contributed by atoms with van der Waals surface area (Å²) in [7, 11) is 0. The van der Waals surface area contributed by atoms with Crippen LogP contribution >= 0.6 is 0 Å². The Morgan fingerprint density at radius 1 is 1.13 bits per heavy atom. The van der Waals surface area contributed by atoms with Gasteiger partial charge in [0.05, 0.1) is 16.7 Å². The molecule has 1 unspecified atom stereocenters. The molecule has 2 heterocycles. The summed E-state index contributed by atoms with van der Waals surface area (Å²) in [4.78, 5) is 19.9. The fraction of sp³-hybridized carbons (Fsp3) is 0.167. The largest absolute Gasteiger partial charge is 0.340 e. The average Bonchev–Trinajstić information content (AvgIpc) is 3.19. The van der Waals surface area contributed by atoms with Crippen LogP contribution in [0.2, 0.25) is 0 Å². The summed E-state index contributed by atoms with van der Waals surface area (Å²) < 4.78 is 0. The van der Waals surface area contributed by atoms with Crippen molar-refractivity contribution in [1.82, 2.24) is 15.0 Å². The first-order valence-electron chi connectivity index (χ1n) is 7.60. The van der Waals surface area contributed by atoms with Crippen molar-refractivity contribution in [3.63, 3.8) is 0 Å². The fourth-order valence-electron chi connectivity index (χ4n) is 2.95. The lowest BCUT2D eigenvalue weighted by Gasteiger charge is -2.17. The highest BCUT2D eigenvalue weighted by atomic mass is 16.2. The molecule has 1 amide bonds. The summed E-state index contributed by atoms with van der Waals surface area (Å²) in [5.74, 6) is 0.692. The van der Waals surface area contributed by atoms with E-state index in [1.165, 1.54) is 11.9 Å². The number of aromatic nitrogens is 2. The van der Waals surface area contributed by atoms with Crippen molar-refractivity contribution in [2.24, 2.45) is 5.10 Å². The lowest BCUT2D eigenvalue weighted by Crippen LogP contribution is -2.25. The van der Waals surface area contributed by atoms with Gasteiger partial charge < -0.3 is 4.98 Å². The molecule has 5 nitrogen and oxygen atoms in total. The van der Waals surface area contributed by atoms with E-state index in [1.807, 2.05) is 54.6 Å². The van der Waals surface area contributed by atoms with Crippen LogP contribution in [0.15, 0.2) is 59.7 Å². The van der Waals surface area contributed by atoms with E-state index in [9.17, 15) is 4.79 Å². The zero-order chi connectivity index (χ0) is 15.8. The van der Waals surface area contributed by atoms with Crippen molar-refractivity contribution in [2.75, 3.05) is 0 Å². The highest BCUT2D eigenvalue weighted by Crippen LogP contribution is 2.32. The molecule has 114 valence electrons. The summed E-state index contributed by atoms with van der Waals surface area (Å²) in [6.45, 7) is 1.53. The van der Waals surface area contributed by atoms with Gasteiger partial charge in [-0.15, -0.1) is 0 Å². The van der Waals surface area contributed by atoms with Crippen LogP contribution < -0.4 is 0 Å². The van der Waals surface area contributed by atoms with Crippen molar-refractivity contribution >= 4 is 22.7 Å². The molecule has 23 heavy (non-hydrogen) atoms. The Balaban J connectivity index is 1.72. The molecule has 0 spiro atoms. The monoisotopic (exact) mass is 304 g/mol. The lowest BCUT2D eigenvalue weighted by molar-refractivity contribution is -0.130. The minimum Gasteiger partial charge on any atom is -0.340 e. The Morgan fingerprint density at radius 3 is 2.61 bits per heavy atom. The van der Waals surface area contributed by atoms with Crippen LogP contribution in [0.1, 0.15) is 30.8 Å². The average molecular weight is 304 g/mol. The maximum Gasteiger partial charge on any atom is 0.240 e. The number of amides is 1. The number of para-hydroxylation sites is 2. The van der Waals surface area contributed by atoms with Crippen molar-refractivity contribution in [3.05, 3.63) is 66.0 Å². The molecule has 1 N–H and O–H groups in total. The van der Waals surface area contributed by atoms with Crippen LogP contribution in [0.25, 0.3) is 11.0 Å². The maximum atomic E-state index is 12.0. The van der Waals surface area contributed by atoms with Gasteiger partial charge in [-0.3, -0.25) is 4.79 Å². The number of hydrogen-bond donors (Lipinski definition) is 1. The molecule has 0 radical (unpaired) electrons. The zero-order valence-corrected chi connectivity index (χ0v) is 12.7. The SMILES string of the molecule is CC(=O)N1N=C(c2ccccc2)CC1c1nc2ccccc2[nH]1. The van der Waals surface area contributed by atoms with E-state index < -0.39 is 0 Å². The summed E-state index contributed by atoms with van der Waals surface area (Å²) in [5, 5.41) is 6.05. The van der Waals surface area contributed by atoms with Crippen LogP contribution in [-0.2, 0) is 4.79 Å². The van der Waals surface area contributed by atoms with Gasteiger partial charge >= 0.3 is 0 Å². The number of fused-ring (bicyclic) bond motifs is 1. The lowest BCUT2D eigenvalue weighted by atomic mass is 10.0. The fourth-order valence-corrected chi connectivity index (χ4v) is 2.95. The molecule has 4 rings (SSSR count). The molecule has 2 aromatic carbocycles. The highest BCUT2D eigenvalue weighted by molar-refractivity contribution is 6.03. The minimum absolute atomic E-state index is 0.0820. The number of nitrogens with one attached hydrogen (secondary N) is 1. The number of carbonyl (C=O) groups is 1. The molecule has 0 bridgehead atoms. The Labute approximate surface area is 133 Å². The van der Waals surface area contributed by atoms with Crippen LogP contribution in [0.3, 0.4) is 0 Å². The van der Waals surface area contributed by atoms with E-state index in [1.54, 1.807) is 0 Å². The number of nitrogens with zero attached hydrogens (tertiary/aromatic N) is 3. The molecule has 1 aromatic heterocycles. The first kappa shape index (κ1) is 13.7. The molecule has 3 aromatic rings. The quantitative estimate of drug-likeness (QED) is 0.790. The summed E-state index contributed by atoms with van der Waals surface area (Å²) >= 11 is 0. The normalized spacial score (nSPS) is 17.5. The van der Waals surface area contributed by atoms with Gasteiger partial charge in [-0.25, -0.2) is 9.99 Å². The van der Waals surface area contributed by atoms with Crippen LogP contribution in [0, 0.1) is 0 Å². The van der Waals surface area contributed by atoms with Gasteiger partial charge in [0.15, 0.2) is 0 Å². The van der Waals surface area contributed by atoms with E-state index in [-0.39, 0.29) is 11.9 Å². The second-order valence-corrected chi connectivity index (χ2v) is 5.64. The molecule has 1 atom stereocenters. The smallest absolute Gasteiger partial charge is 0.240 e. The second-order valence-electron chi connectivity index (χ2n) is 5.64. The van der Waals surface area contributed by atoms with Crippen LogP contribution in [0.4, 0.5) is 0 Å². The van der Waals surface area contributed by atoms with Gasteiger partial charge in [0, 0.05) is 13.3 Å². The standard InChI is InChI=1S/C18H16N4O/c1-12(23)22-17(11-16(21-22)13-7-3-2-4-8-13)18-19-14-9-5-6-10-15(14)20-18/h2-10,17H,11H2,1H3,(H,19,20). The highest BCUT2D eigenvalue weighted by Gasteiger charge is 2.33. The van der Waals surface area contributed by atoms with E-state index >= 15 is 0 Å². The Hall–Kier alpha value is -2.95. The van der Waals surface area contributed by atoms with Gasteiger partial charge in [0.1, 0.15) is 11.9 Å². The molecule has 1 aliphatic heterocycles. The van der Waals surface area contributed by atoms with Gasteiger partial charge in [-0.2, -0.15) is 5.10 Å². The van der Waals surface area contributed by atoms with E-state index in [0.29, 0.717) is 6.42 Å². The predicted octanol–water partition coefficient (Wildman–Crippen LogP) is 3.26. The summed E-state index contributed by atoms with van der Waals surface area (Å²) in [6, 6.07) is 17.6. The Kier molecular flexibility index (Phi) is 3.19. The van der Waals surface area contributed by atoms with Crippen LogP contribution in [0.5, 0.6) is 0 Å². The molecular weight excluding hydrogens is 288 g/mol. The van der Waals surface area contributed by atoms with Crippen molar-refractivity contribution in [1.29, 1.82) is 0 Å². The molecule has 5 heteroatoms. The molecule has 0 saturated carbocycles. The molecule has 0 aliphatic carbocycles. The number of hydrazone groups is 1. The molecule has 0 saturated heterocycles. The summed E-state index contributed by atoms with van der Waals surface area (Å²) in [5.41, 5.74) is 3.82. The van der Waals surface area contributed by atoms with Crippen LogP contribution in [-0.4, -0.2) is 26.6 Å². The minimum atomic E-state index is -0.185. The predicted molar refractivity (Wildman–Crippen MR) is 89.0 cm³/mol. The van der Waals surface area contributed by atoms with Gasteiger partial charge in [-0.1, -0.05) is 42.5 Å². The van der Waals surface area contributed by atoms with E-state index in [0.717, 1.165) is 28.1 Å². The number of imidazole rings is 1. The number of H-pyrrole nitrogens is 1. The number of carbonyl (C=O) groups excluding carboxylic acids is 1. The molecule has 1 aliphatic rings. The number of benzene rings is 2. The maximum absolute atomic E-state index is 12.0. The number of rotatable bonds is 2. The molecule has 0 fully saturated rings. The van der Waals surface area contributed by atoms with Gasteiger partial charge in [-0.05, 0) is 17.7 Å². The number of aromatic amines is 1. The third-order valence-electron chi connectivity index (χ3n) is 4.06. The Morgan fingerprint density at radius 2 is 1.87 bits per heavy atom. The second kappa shape index (κ2) is 5.35. The first-order chi connectivity index (χ1) is 11.2. The van der Waals surface area contributed by atoms with Crippen molar-refractivity contribution < 1.29 is 4.79 Å². The van der Waals surface area contributed by atoms with Gasteiger partial charge in [0.2, 0.25) is 5.91 Å². The van der Waals surface area contributed by atoms with E-state index in [4.69, 9.17) is 0 Å². The van der Waals surface area contributed by atoms with Crippen molar-refractivity contribution in [2.45, 2.75) is 19.4 Å². The van der Waals surface area contributed by atoms with Crippen molar-refractivity contribution in [3.8, 4) is 0 Å². The third kappa shape index (κ3) is 2.40. The first-order valence-corrected chi connectivity index (χ1v) is 7.60. The Bertz CT molecular complexity index is 865. The summed E-state index contributed by atoms with van der Waals surface area (Å²) in [6.07, 6.45) is 0.656. The zero-order valence-electron chi connectivity index (χ0n) is 12.7. The molecular formula is C18H16N4O. The topological polar surface area (TPSA) is 61.4 Å².